The number of hydrogen-bond donors (Lipinski definition) is 2. The summed E-state index contributed by atoms with van der Waals surface area (Å²) in [6.07, 6.45) is 4.68. The lowest BCUT2D eigenvalue weighted by molar-refractivity contribution is -0.384. The van der Waals surface area contributed by atoms with E-state index in [2.05, 4.69) is 4.90 Å². The molecule has 3 fully saturated rings. The molecule has 7 rings (SSSR count). The van der Waals surface area contributed by atoms with Gasteiger partial charge in [-0.25, -0.2) is 0 Å². The summed E-state index contributed by atoms with van der Waals surface area (Å²) >= 11 is 0. The zero-order valence-corrected chi connectivity index (χ0v) is 19.1. The summed E-state index contributed by atoms with van der Waals surface area (Å²) in [5.74, 6) is 0.818. The van der Waals surface area contributed by atoms with Gasteiger partial charge in [0.05, 0.1) is 15.9 Å². The standard InChI is InChI=1S/C27H26N2O6/c30-20-8-5-17-12-21-27(32)13-18(11-15-3-6-19(7-4-15)29(33)34)23(31)25-26(27,22(17)24(20)35-25)9-10-28(21)14-16-1-2-16/h3-8,11,16,21,25,30,32H,1-2,9-10,12-14H2/b18-11+/t21-,25+,26+,27-/m1/s1. The van der Waals surface area contributed by atoms with E-state index < -0.39 is 22.0 Å². The zero-order chi connectivity index (χ0) is 24.1. The monoisotopic (exact) mass is 474 g/mol. The van der Waals surface area contributed by atoms with Crippen LogP contribution in [0.1, 0.15) is 42.4 Å². The maximum atomic E-state index is 13.8. The van der Waals surface area contributed by atoms with Gasteiger partial charge in [-0.1, -0.05) is 6.07 Å². The number of carbonyl (C=O) groups is 1. The molecule has 8 heteroatoms. The van der Waals surface area contributed by atoms with Gasteiger partial charge in [-0.05, 0) is 73.5 Å². The number of Topliss-reactive ketones (excluding diaryl/α,β-unsaturated/α-hetero) is 1. The Kier molecular flexibility index (Phi) is 4.17. The predicted octanol–water partition coefficient (Wildman–Crippen LogP) is 3.13. The minimum atomic E-state index is -1.22. The molecule has 0 radical (unpaired) electrons. The Hall–Kier alpha value is -3.23. The molecule has 2 aromatic carbocycles. The van der Waals surface area contributed by atoms with Gasteiger partial charge < -0.3 is 14.9 Å². The van der Waals surface area contributed by atoms with Crippen molar-refractivity contribution in [2.75, 3.05) is 13.1 Å². The van der Waals surface area contributed by atoms with Crippen LogP contribution in [0.25, 0.3) is 6.08 Å². The quantitative estimate of drug-likeness (QED) is 0.398. The zero-order valence-electron chi connectivity index (χ0n) is 19.1. The van der Waals surface area contributed by atoms with Crippen molar-refractivity contribution < 1.29 is 24.7 Å². The van der Waals surface area contributed by atoms with E-state index in [-0.39, 0.29) is 29.7 Å². The van der Waals surface area contributed by atoms with Crippen molar-refractivity contribution in [1.82, 2.24) is 4.90 Å². The summed E-state index contributed by atoms with van der Waals surface area (Å²) in [7, 11) is 0. The molecule has 4 atom stereocenters. The molecular formula is C27H26N2O6. The number of likely N-dealkylation sites (tertiary alicyclic amines) is 1. The van der Waals surface area contributed by atoms with E-state index >= 15 is 0 Å². The molecular weight excluding hydrogens is 448 g/mol. The maximum Gasteiger partial charge on any atom is 0.269 e. The fraction of sp³-hybridized carbons (Fsp3) is 0.444. The smallest absolute Gasteiger partial charge is 0.269 e. The number of phenolic OH excluding ortho intramolecular Hbond substituents is 1. The summed E-state index contributed by atoms with van der Waals surface area (Å²) in [4.78, 5) is 26.8. The van der Waals surface area contributed by atoms with Gasteiger partial charge >= 0.3 is 0 Å². The molecule has 2 aromatic rings. The van der Waals surface area contributed by atoms with Crippen molar-refractivity contribution in [3.05, 3.63) is 68.8 Å². The van der Waals surface area contributed by atoms with Gasteiger partial charge in [0.15, 0.2) is 23.4 Å². The molecule has 180 valence electrons. The van der Waals surface area contributed by atoms with E-state index in [1.807, 2.05) is 6.07 Å². The van der Waals surface area contributed by atoms with Crippen LogP contribution >= 0.6 is 0 Å². The number of aliphatic hydroxyl groups is 1. The van der Waals surface area contributed by atoms with Gasteiger partial charge in [0.25, 0.3) is 5.69 Å². The third-order valence-corrected chi connectivity index (χ3v) is 8.97. The number of nitro benzene ring substituents is 1. The number of rotatable bonds is 4. The molecule has 2 heterocycles. The normalized spacial score (nSPS) is 34.0. The van der Waals surface area contributed by atoms with Crippen molar-refractivity contribution in [1.29, 1.82) is 0 Å². The maximum absolute atomic E-state index is 13.8. The van der Waals surface area contributed by atoms with Crippen molar-refractivity contribution in [2.24, 2.45) is 5.92 Å². The Labute approximate surface area is 202 Å². The number of benzene rings is 2. The summed E-state index contributed by atoms with van der Waals surface area (Å²) in [5.41, 5.74) is 0.848. The Morgan fingerprint density at radius 1 is 1.20 bits per heavy atom. The Morgan fingerprint density at radius 3 is 2.69 bits per heavy atom. The van der Waals surface area contributed by atoms with Gasteiger partial charge in [0.1, 0.15) is 0 Å². The van der Waals surface area contributed by atoms with Crippen LogP contribution in [0, 0.1) is 16.0 Å². The highest BCUT2D eigenvalue weighted by molar-refractivity contribution is 6.06. The van der Waals surface area contributed by atoms with Gasteiger partial charge in [-0.3, -0.25) is 19.8 Å². The van der Waals surface area contributed by atoms with Crippen molar-refractivity contribution in [3.63, 3.8) is 0 Å². The van der Waals surface area contributed by atoms with E-state index in [1.165, 1.54) is 25.0 Å². The number of hydrogen-bond acceptors (Lipinski definition) is 7. The lowest BCUT2D eigenvalue weighted by atomic mass is 9.48. The number of nitrogens with zero attached hydrogens (tertiary/aromatic N) is 2. The predicted molar refractivity (Wildman–Crippen MR) is 126 cm³/mol. The molecule has 3 aliphatic carbocycles. The Morgan fingerprint density at radius 2 is 1.97 bits per heavy atom. The summed E-state index contributed by atoms with van der Waals surface area (Å²) in [6, 6.07) is 9.44. The first-order valence-electron chi connectivity index (χ1n) is 12.3. The molecule has 2 saturated carbocycles. The van der Waals surface area contributed by atoms with Crippen LogP contribution in [-0.4, -0.2) is 56.7 Å². The minimum absolute atomic E-state index is 0.00225. The lowest BCUT2D eigenvalue weighted by Gasteiger charge is -2.62. The molecule has 0 aromatic heterocycles. The van der Waals surface area contributed by atoms with Crippen LogP contribution in [0.3, 0.4) is 0 Å². The number of nitro groups is 1. The van der Waals surface area contributed by atoms with Crippen LogP contribution in [0.15, 0.2) is 42.0 Å². The number of aromatic hydroxyl groups is 1. The molecule has 2 bridgehead atoms. The topological polar surface area (TPSA) is 113 Å². The van der Waals surface area contributed by atoms with Crippen LogP contribution in [-0.2, 0) is 16.6 Å². The van der Waals surface area contributed by atoms with Crippen LogP contribution < -0.4 is 4.74 Å². The molecule has 35 heavy (non-hydrogen) atoms. The number of ether oxygens (including phenoxy) is 1. The van der Waals surface area contributed by atoms with E-state index in [1.54, 1.807) is 24.3 Å². The average molecular weight is 475 g/mol. The number of carbonyl (C=O) groups excluding carboxylic acids is 1. The van der Waals surface area contributed by atoms with E-state index in [4.69, 9.17) is 4.74 Å². The Bertz CT molecular complexity index is 1320. The van der Waals surface area contributed by atoms with Gasteiger partial charge in [0, 0.05) is 42.3 Å². The lowest BCUT2D eigenvalue weighted by Crippen LogP contribution is -2.77. The van der Waals surface area contributed by atoms with Crippen LogP contribution in [0.4, 0.5) is 5.69 Å². The first-order valence-corrected chi connectivity index (χ1v) is 12.3. The largest absolute Gasteiger partial charge is 0.504 e. The van der Waals surface area contributed by atoms with E-state index in [0.717, 1.165) is 24.2 Å². The molecule has 1 saturated heterocycles. The average Bonchev–Trinajstić information content (AvgIpc) is 3.57. The van der Waals surface area contributed by atoms with Crippen LogP contribution in [0.5, 0.6) is 11.5 Å². The fourth-order valence-corrected chi connectivity index (χ4v) is 7.20. The molecule has 5 aliphatic rings. The van der Waals surface area contributed by atoms with E-state index in [9.17, 15) is 25.1 Å². The molecule has 0 amide bonds. The number of non-ortho nitro benzene ring substituents is 1. The van der Waals surface area contributed by atoms with Crippen molar-refractivity contribution in [2.45, 2.75) is 55.3 Å². The summed E-state index contributed by atoms with van der Waals surface area (Å²) in [5, 5.41) is 34.3. The summed E-state index contributed by atoms with van der Waals surface area (Å²) in [6.45, 7) is 1.73. The number of ketones is 1. The van der Waals surface area contributed by atoms with Gasteiger partial charge in [-0.15, -0.1) is 0 Å². The van der Waals surface area contributed by atoms with Crippen molar-refractivity contribution >= 4 is 17.5 Å². The summed E-state index contributed by atoms with van der Waals surface area (Å²) < 4.78 is 6.23. The molecule has 2 N–H and O–H groups in total. The van der Waals surface area contributed by atoms with E-state index in [0.29, 0.717) is 35.6 Å². The first kappa shape index (κ1) is 21.1. The first-order chi connectivity index (χ1) is 16.8. The SMILES string of the molecule is O=C1/C(=C/c2ccc([N+](=O)[O-])cc2)C[C@@]2(O)[C@H]3Cc4ccc(O)c5c4[C@@]2(CCN3CC2CC2)[C@H]1O5. The van der Waals surface area contributed by atoms with Crippen LogP contribution in [0.2, 0.25) is 0 Å². The third kappa shape index (κ3) is 2.72. The second kappa shape index (κ2) is 6.92. The van der Waals surface area contributed by atoms with Gasteiger partial charge in [-0.2, -0.15) is 0 Å². The van der Waals surface area contributed by atoms with Gasteiger partial charge in [0.2, 0.25) is 0 Å². The number of phenols is 1. The molecule has 0 unspecified atom stereocenters. The molecule has 1 spiro atoms. The number of piperidine rings is 1. The van der Waals surface area contributed by atoms with Crippen molar-refractivity contribution in [3.8, 4) is 11.5 Å². The highest BCUT2D eigenvalue weighted by atomic mass is 16.6. The highest BCUT2D eigenvalue weighted by Gasteiger charge is 2.74. The molecule has 8 nitrogen and oxygen atoms in total. The highest BCUT2D eigenvalue weighted by Crippen LogP contribution is 2.65. The Balaban J connectivity index is 1.37. The third-order valence-electron chi connectivity index (χ3n) is 8.97. The second-order valence-corrected chi connectivity index (χ2v) is 10.8. The second-order valence-electron chi connectivity index (χ2n) is 10.8. The fourth-order valence-electron chi connectivity index (χ4n) is 7.20. The minimum Gasteiger partial charge on any atom is -0.504 e. The molecule has 2 aliphatic heterocycles.